The quantitative estimate of drug-likeness (QED) is 0.738. The third-order valence-corrected chi connectivity index (χ3v) is 4.09. The molecule has 0 aliphatic rings. The van der Waals surface area contributed by atoms with Crippen molar-refractivity contribution in [1.29, 1.82) is 0 Å². The first-order chi connectivity index (χ1) is 12.6. The Bertz CT molecular complexity index is 906. The molecule has 1 aromatic carbocycles. The van der Waals surface area contributed by atoms with Gasteiger partial charge in [0, 0.05) is 23.9 Å². The van der Waals surface area contributed by atoms with Gasteiger partial charge in [0.25, 0.3) is 5.91 Å². The highest BCUT2D eigenvalue weighted by Crippen LogP contribution is 2.23. The number of hydrogen-bond acceptors (Lipinski definition) is 5. The molecule has 7 heteroatoms. The zero-order valence-corrected chi connectivity index (χ0v) is 15.0. The van der Waals surface area contributed by atoms with Crippen LogP contribution in [0.15, 0.2) is 49.1 Å². The molecule has 1 N–H and O–H groups in total. The topological polar surface area (TPSA) is 81.9 Å². The third-order valence-electron chi connectivity index (χ3n) is 4.09. The first kappa shape index (κ1) is 17.6. The van der Waals surface area contributed by atoms with Crippen LogP contribution >= 0.6 is 0 Å². The Morgan fingerprint density at radius 2 is 2.12 bits per heavy atom. The highest BCUT2D eigenvalue weighted by atomic mass is 16.5. The maximum Gasteiger partial charge on any atom is 0.251 e. The second kappa shape index (κ2) is 7.77. The lowest BCUT2D eigenvalue weighted by molar-refractivity contribution is 0.0937. The van der Waals surface area contributed by atoms with E-state index in [9.17, 15) is 4.79 Å². The van der Waals surface area contributed by atoms with Crippen molar-refractivity contribution in [2.75, 3.05) is 7.11 Å². The molecular weight excluding hydrogens is 330 g/mol. The zero-order valence-electron chi connectivity index (χ0n) is 15.0. The summed E-state index contributed by atoms with van der Waals surface area (Å²) in [6.45, 7) is 4.58. The summed E-state index contributed by atoms with van der Waals surface area (Å²) in [6, 6.07) is 9.04. The SMILES string of the molecule is CCn1ncnc1[C@H](C)NC(=O)c1cccc(-c2cncc(OC)c2)c1. The lowest BCUT2D eigenvalue weighted by Gasteiger charge is -2.14. The first-order valence-corrected chi connectivity index (χ1v) is 8.40. The van der Waals surface area contributed by atoms with Gasteiger partial charge in [0.15, 0.2) is 0 Å². The van der Waals surface area contributed by atoms with E-state index in [1.165, 1.54) is 6.33 Å². The van der Waals surface area contributed by atoms with Crippen molar-refractivity contribution in [2.24, 2.45) is 0 Å². The van der Waals surface area contributed by atoms with Crippen LogP contribution in [0.5, 0.6) is 5.75 Å². The molecule has 2 heterocycles. The van der Waals surface area contributed by atoms with Gasteiger partial charge in [-0.15, -0.1) is 0 Å². The molecule has 2 aromatic heterocycles. The maximum absolute atomic E-state index is 12.6. The zero-order chi connectivity index (χ0) is 18.5. The molecule has 0 aliphatic heterocycles. The van der Waals surface area contributed by atoms with Gasteiger partial charge in [-0.05, 0) is 37.6 Å². The van der Waals surface area contributed by atoms with E-state index in [-0.39, 0.29) is 11.9 Å². The van der Waals surface area contributed by atoms with Crippen LogP contribution in [0.25, 0.3) is 11.1 Å². The molecular formula is C19H21N5O2. The number of nitrogens with zero attached hydrogens (tertiary/aromatic N) is 4. The van der Waals surface area contributed by atoms with E-state index in [1.807, 2.05) is 38.1 Å². The van der Waals surface area contributed by atoms with E-state index >= 15 is 0 Å². The molecule has 1 atom stereocenters. The Kier molecular flexibility index (Phi) is 5.26. The van der Waals surface area contributed by atoms with Crippen LogP contribution in [0.2, 0.25) is 0 Å². The molecule has 0 saturated carbocycles. The number of hydrogen-bond donors (Lipinski definition) is 1. The number of carbonyl (C=O) groups is 1. The Morgan fingerprint density at radius 1 is 1.27 bits per heavy atom. The van der Waals surface area contributed by atoms with E-state index in [0.717, 1.165) is 17.0 Å². The summed E-state index contributed by atoms with van der Waals surface area (Å²) in [5.74, 6) is 1.24. The van der Waals surface area contributed by atoms with Crippen LogP contribution in [0.4, 0.5) is 0 Å². The van der Waals surface area contributed by atoms with Crippen LogP contribution < -0.4 is 10.1 Å². The van der Waals surface area contributed by atoms with Gasteiger partial charge in [-0.25, -0.2) is 9.67 Å². The van der Waals surface area contributed by atoms with Crippen LogP contribution in [0.1, 0.15) is 36.1 Å². The van der Waals surface area contributed by atoms with Crippen molar-refractivity contribution in [2.45, 2.75) is 26.4 Å². The Labute approximate surface area is 152 Å². The molecule has 0 spiro atoms. The summed E-state index contributed by atoms with van der Waals surface area (Å²) >= 11 is 0. The number of nitrogens with one attached hydrogen (secondary N) is 1. The Morgan fingerprint density at radius 3 is 2.88 bits per heavy atom. The van der Waals surface area contributed by atoms with Crippen molar-refractivity contribution in [3.8, 4) is 16.9 Å². The summed E-state index contributed by atoms with van der Waals surface area (Å²) in [6.07, 6.45) is 4.88. The van der Waals surface area contributed by atoms with Gasteiger partial charge < -0.3 is 10.1 Å². The molecule has 7 nitrogen and oxygen atoms in total. The number of benzene rings is 1. The predicted molar refractivity (Wildman–Crippen MR) is 97.8 cm³/mol. The average Bonchev–Trinajstić information content (AvgIpc) is 3.17. The van der Waals surface area contributed by atoms with Crippen molar-refractivity contribution in [3.05, 3.63) is 60.4 Å². The number of carbonyl (C=O) groups excluding carboxylic acids is 1. The summed E-state index contributed by atoms with van der Waals surface area (Å²) < 4.78 is 6.98. The molecule has 0 bridgehead atoms. The molecule has 1 amide bonds. The second-order valence-corrected chi connectivity index (χ2v) is 5.82. The van der Waals surface area contributed by atoms with Crippen LogP contribution in [-0.2, 0) is 6.54 Å². The average molecular weight is 351 g/mol. The third kappa shape index (κ3) is 3.72. The number of pyridine rings is 1. The summed E-state index contributed by atoms with van der Waals surface area (Å²) in [5, 5.41) is 7.11. The van der Waals surface area contributed by atoms with E-state index in [1.54, 1.807) is 30.3 Å². The molecule has 0 aliphatic carbocycles. The van der Waals surface area contributed by atoms with Gasteiger partial charge in [0.2, 0.25) is 0 Å². The Balaban J connectivity index is 1.80. The number of methoxy groups -OCH3 is 1. The van der Waals surface area contributed by atoms with Gasteiger partial charge in [-0.3, -0.25) is 9.78 Å². The van der Waals surface area contributed by atoms with Crippen LogP contribution in [-0.4, -0.2) is 32.8 Å². The van der Waals surface area contributed by atoms with Crippen LogP contribution in [0, 0.1) is 0 Å². The molecule has 0 unspecified atom stereocenters. The molecule has 0 saturated heterocycles. The van der Waals surface area contributed by atoms with E-state index in [0.29, 0.717) is 17.9 Å². The minimum Gasteiger partial charge on any atom is -0.495 e. The number of aryl methyl sites for hydroxylation is 1. The van der Waals surface area contributed by atoms with E-state index < -0.39 is 0 Å². The fraction of sp³-hybridized carbons (Fsp3) is 0.263. The lowest BCUT2D eigenvalue weighted by atomic mass is 10.0. The van der Waals surface area contributed by atoms with Crippen molar-refractivity contribution in [3.63, 3.8) is 0 Å². The van der Waals surface area contributed by atoms with Gasteiger partial charge in [-0.1, -0.05) is 12.1 Å². The van der Waals surface area contributed by atoms with Crippen molar-refractivity contribution < 1.29 is 9.53 Å². The number of rotatable bonds is 6. The Hall–Kier alpha value is -3.22. The first-order valence-electron chi connectivity index (χ1n) is 8.40. The monoisotopic (exact) mass is 351 g/mol. The normalized spacial score (nSPS) is 11.8. The summed E-state index contributed by atoms with van der Waals surface area (Å²) in [7, 11) is 1.60. The second-order valence-electron chi connectivity index (χ2n) is 5.82. The summed E-state index contributed by atoms with van der Waals surface area (Å²) in [5.41, 5.74) is 2.35. The number of ether oxygens (including phenoxy) is 1. The maximum atomic E-state index is 12.6. The minimum atomic E-state index is -0.243. The molecule has 0 fully saturated rings. The largest absolute Gasteiger partial charge is 0.495 e. The fourth-order valence-corrected chi connectivity index (χ4v) is 2.72. The van der Waals surface area contributed by atoms with Gasteiger partial charge in [0.1, 0.15) is 17.9 Å². The smallest absolute Gasteiger partial charge is 0.251 e. The van der Waals surface area contributed by atoms with E-state index in [4.69, 9.17) is 4.74 Å². The number of amides is 1. The predicted octanol–water partition coefficient (Wildman–Crippen LogP) is 2.86. The summed E-state index contributed by atoms with van der Waals surface area (Å²) in [4.78, 5) is 21.0. The fourth-order valence-electron chi connectivity index (χ4n) is 2.72. The van der Waals surface area contributed by atoms with Crippen molar-refractivity contribution in [1.82, 2.24) is 25.1 Å². The highest BCUT2D eigenvalue weighted by molar-refractivity contribution is 5.95. The van der Waals surface area contributed by atoms with Crippen LogP contribution in [0.3, 0.4) is 0 Å². The molecule has 3 aromatic rings. The molecule has 134 valence electrons. The minimum absolute atomic E-state index is 0.166. The van der Waals surface area contributed by atoms with Crippen molar-refractivity contribution >= 4 is 5.91 Å². The van der Waals surface area contributed by atoms with Gasteiger partial charge in [-0.2, -0.15) is 5.10 Å². The molecule has 3 rings (SSSR count). The standard InChI is InChI=1S/C19H21N5O2/c1-4-24-18(21-12-22-24)13(2)23-19(25)15-7-5-6-14(8-15)16-9-17(26-3)11-20-10-16/h5-13H,4H2,1-3H3,(H,23,25)/t13-/m0/s1. The molecule has 0 radical (unpaired) electrons. The van der Waals surface area contributed by atoms with Gasteiger partial charge >= 0.3 is 0 Å². The number of aromatic nitrogens is 4. The van der Waals surface area contributed by atoms with Gasteiger partial charge in [0.05, 0.1) is 19.3 Å². The molecule has 26 heavy (non-hydrogen) atoms. The highest BCUT2D eigenvalue weighted by Gasteiger charge is 2.16. The lowest BCUT2D eigenvalue weighted by Crippen LogP contribution is -2.28. The van der Waals surface area contributed by atoms with E-state index in [2.05, 4.69) is 20.4 Å².